The molecule has 58 valence electrons. The fourth-order valence-electron chi connectivity index (χ4n) is 0.742. The molecular formula is C8H14O2. The van der Waals surface area contributed by atoms with E-state index in [-0.39, 0.29) is 5.92 Å². The summed E-state index contributed by atoms with van der Waals surface area (Å²) in [5.41, 5.74) is 0. The third-order valence-corrected chi connectivity index (χ3v) is 1.50. The number of allylic oxidation sites excluding steroid dienone is 2. The predicted molar refractivity (Wildman–Crippen MR) is 40.8 cm³/mol. The van der Waals surface area contributed by atoms with Crippen LogP contribution in [0, 0.1) is 5.92 Å². The van der Waals surface area contributed by atoms with Gasteiger partial charge in [-0.3, -0.25) is 4.79 Å². The fourth-order valence-corrected chi connectivity index (χ4v) is 0.742. The molecule has 0 bridgehead atoms. The number of rotatable bonds is 4. The van der Waals surface area contributed by atoms with Crippen molar-refractivity contribution in [3.63, 3.8) is 0 Å². The molecule has 0 radical (unpaired) electrons. The summed E-state index contributed by atoms with van der Waals surface area (Å²) in [6, 6.07) is 0. The second-order valence-corrected chi connectivity index (χ2v) is 2.25. The summed E-state index contributed by atoms with van der Waals surface area (Å²) in [7, 11) is 0. The van der Waals surface area contributed by atoms with E-state index in [1.165, 1.54) is 0 Å². The van der Waals surface area contributed by atoms with E-state index in [9.17, 15) is 4.79 Å². The molecule has 1 N–H and O–H groups in total. The number of hydrogen-bond acceptors (Lipinski definition) is 1. The molecule has 0 aliphatic heterocycles. The van der Waals surface area contributed by atoms with Gasteiger partial charge in [0.25, 0.3) is 0 Å². The lowest BCUT2D eigenvalue weighted by atomic mass is 10.0. The molecular weight excluding hydrogens is 128 g/mol. The molecule has 0 fully saturated rings. The summed E-state index contributed by atoms with van der Waals surface area (Å²) in [6.45, 7) is 3.79. The van der Waals surface area contributed by atoms with Gasteiger partial charge >= 0.3 is 5.97 Å². The minimum Gasteiger partial charge on any atom is -0.481 e. The summed E-state index contributed by atoms with van der Waals surface area (Å²) >= 11 is 0. The van der Waals surface area contributed by atoms with E-state index in [4.69, 9.17) is 5.11 Å². The number of hydrogen-bond donors (Lipinski definition) is 1. The summed E-state index contributed by atoms with van der Waals surface area (Å²) in [5, 5.41) is 8.57. The van der Waals surface area contributed by atoms with Gasteiger partial charge in [-0.2, -0.15) is 0 Å². The van der Waals surface area contributed by atoms with Gasteiger partial charge in [-0.15, -0.1) is 0 Å². The maximum absolute atomic E-state index is 10.4. The third-order valence-electron chi connectivity index (χ3n) is 1.50. The summed E-state index contributed by atoms with van der Waals surface area (Å²) in [5.74, 6) is -0.892. The second kappa shape index (κ2) is 5.03. The molecule has 0 saturated carbocycles. The van der Waals surface area contributed by atoms with Crippen LogP contribution in [0.2, 0.25) is 0 Å². The molecule has 0 heterocycles. The molecule has 0 aliphatic rings. The lowest BCUT2D eigenvalue weighted by Crippen LogP contribution is -2.10. The van der Waals surface area contributed by atoms with Crippen LogP contribution in [0.3, 0.4) is 0 Å². The van der Waals surface area contributed by atoms with Crippen molar-refractivity contribution in [1.82, 2.24) is 0 Å². The first-order valence-electron chi connectivity index (χ1n) is 3.56. The zero-order valence-electron chi connectivity index (χ0n) is 6.50. The highest BCUT2D eigenvalue weighted by atomic mass is 16.4. The monoisotopic (exact) mass is 142 g/mol. The molecule has 0 saturated heterocycles. The molecule has 1 atom stereocenters. The van der Waals surface area contributed by atoms with Gasteiger partial charge < -0.3 is 5.11 Å². The van der Waals surface area contributed by atoms with E-state index < -0.39 is 5.97 Å². The molecule has 0 spiro atoms. The van der Waals surface area contributed by atoms with Crippen molar-refractivity contribution in [1.29, 1.82) is 0 Å². The highest BCUT2D eigenvalue weighted by Gasteiger charge is 2.11. The highest BCUT2D eigenvalue weighted by molar-refractivity contribution is 5.70. The van der Waals surface area contributed by atoms with Crippen molar-refractivity contribution in [3.05, 3.63) is 12.2 Å². The van der Waals surface area contributed by atoms with Crippen molar-refractivity contribution in [3.8, 4) is 0 Å². The topological polar surface area (TPSA) is 37.3 Å². The van der Waals surface area contributed by atoms with Gasteiger partial charge in [-0.25, -0.2) is 0 Å². The maximum atomic E-state index is 10.4. The van der Waals surface area contributed by atoms with E-state index in [1.54, 1.807) is 0 Å². The molecule has 2 nitrogen and oxygen atoms in total. The first-order chi connectivity index (χ1) is 4.72. The Bertz CT molecular complexity index is 127. The van der Waals surface area contributed by atoms with Crippen LogP contribution in [0.15, 0.2) is 12.2 Å². The largest absolute Gasteiger partial charge is 0.481 e. The van der Waals surface area contributed by atoms with Crippen LogP contribution in [0.5, 0.6) is 0 Å². The summed E-state index contributed by atoms with van der Waals surface area (Å²) < 4.78 is 0. The SMILES string of the molecule is C/C=C/C[C@@H](CC)C(=O)O. The van der Waals surface area contributed by atoms with Gasteiger partial charge in [0.15, 0.2) is 0 Å². The van der Waals surface area contributed by atoms with Crippen LogP contribution < -0.4 is 0 Å². The van der Waals surface area contributed by atoms with Crippen molar-refractivity contribution in [2.75, 3.05) is 0 Å². The molecule has 0 amide bonds. The Balaban J connectivity index is 3.71. The van der Waals surface area contributed by atoms with Crippen molar-refractivity contribution in [2.45, 2.75) is 26.7 Å². The lowest BCUT2D eigenvalue weighted by Gasteiger charge is -2.04. The van der Waals surface area contributed by atoms with E-state index in [1.807, 2.05) is 26.0 Å². The van der Waals surface area contributed by atoms with Crippen LogP contribution in [0.1, 0.15) is 26.7 Å². The molecule has 0 unspecified atom stereocenters. The number of aliphatic carboxylic acids is 1. The summed E-state index contributed by atoms with van der Waals surface area (Å²) in [4.78, 5) is 10.4. The van der Waals surface area contributed by atoms with Gasteiger partial charge in [0.05, 0.1) is 5.92 Å². The Labute approximate surface area is 61.6 Å². The van der Waals surface area contributed by atoms with E-state index in [0.29, 0.717) is 12.8 Å². The normalized spacial score (nSPS) is 13.8. The van der Waals surface area contributed by atoms with Crippen molar-refractivity contribution >= 4 is 5.97 Å². The summed E-state index contributed by atoms with van der Waals surface area (Å²) in [6.07, 6.45) is 5.13. The predicted octanol–water partition coefficient (Wildman–Crippen LogP) is 2.06. The van der Waals surface area contributed by atoms with Gasteiger partial charge in [0, 0.05) is 0 Å². The van der Waals surface area contributed by atoms with E-state index in [2.05, 4.69) is 0 Å². The molecule has 0 aromatic heterocycles. The van der Waals surface area contributed by atoms with Gasteiger partial charge in [-0.1, -0.05) is 19.1 Å². The smallest absolute Gasteiger partial charge is 0.306 e. The Kier molecular flexibility index (Phi) is 4.63. The number of carboxylic acid groups (broad SMARTS) is 1. The minimum atomic E-state index is -0.694. The quantitative estimate of drug-likeness (QED) is 0.610. The van der Waals surface area contributed by atoms with Gasteiger partial charge in [0.1, 0.15) is 0 Å². The molecule has 2 heteroatoms. The average Bonchev–Trinajstić information content (AvgIpc) is 1.89. The number of carboxylic acids is 1. The average molecular weight is 142 g/mol. The zero-order valence-corrected chi connectivity index (χ0v) is 6.50. The first kappa shape index (κ1) is 9.21. The Morgan fingerprint density at radius 2 is 2.30 bits per heavy atom. The van der Waals surface area contributed by atoms with Crippen LogP contribution in [-0.2, 0) is 4.79 Å². The Morgan fingerprint density at radius 1 is 1.70 bits per heavy atom. The third kappa shape index (κ3) is 3.28. The minimum absolute atomic E-state index is 0.198. The second-order valence-electron chi connectivity index (χ2n) is 2.25. The van der Waals surface area contributed by atoms with Gasteiger partial charge in [0.2, 0.25) is 0 Å². The van der Waals surface area contributed by atoms with E-state index >= 15 is 0 Å². The van der Waals surface area contributed by atoms with Crippen molar-refractivity contribution < 1.29 is 9.90 Å². The molecule has 0 aromatic rings. The molecule has 10 heavy (non-hydrogen) atoms. The number of carbonyl (C=O) groups is 1. The van der Waals surface area contributed by atoms with E-state index in [0.717, 1.165) is 0 Å². The first-order valence-corrected chi connectivity index (χ1v) is 3.56. The molecule has 0 rings (SSSR count). The van der Waals surface area contributed by atoms with Crippen LogP contribution in [0.4, 0.5) is 0 Å². The van der Waals surface area contributed by atoms with Crippen molar-refractivity contribution in [2.24, 2.45) is 5.92 Å². The lowest BCUT2D eigenvalue weighted by molar-refractivity contribution is -0.141. The Morgan fingerprint density at radius 3 is 2.60 bits per heavy atom. The standard InChI is InChI=1S/C8H14O2/c1-3-5-6-7(4-2)8(9)10/h3,5,7H,4,6H2,1-2H3,(H,9,10)/b5-3+/t7-/m1/s1. The maximum Gasteiger partial charge on any atom is 0.306 e. The fraction of sp³-hybridized carbons (Fsp3) is 0.625. The molecule has 0 aliphatic carbocycles. The highest BCUT2D eigenvalue weighted by Crippen LogP contribution is 2.08. The van der Waals surface area contributed by atoms with Crippen LogP contribution in [0.25, 0.3) is 0 Å². The molecule has 0 aromatic carbocycles. The van der Waals surface area contributed by atoms with Gasteiger partial charge in [-0.05, 0) is 19.8 Å². The van der Waals surface area contributed by atoms with Crippen LogP contribution >= 0.6 is 0 Å². The Hall–Kier alpha value is -0.790. The van der Waals surface area contributed by atoms with Crippen LogP contribution in [-0.4, -0.2) is 11.1 Å². The zero-order chi connectivity index (χ0) is 7.98.